The number of nitrogens with zero attached hydrogens (tertiary/aromatic N) is 5. The highest BCUT2D eigenvalue weighted by Gasteiger charge is 2.21. The number of halogens is 1. The molecule has 4 aromatic carbocycles. The predicted molar refractivity (Wildman–Crippen MR) is 201 cm³/mol. The molecule has 1 atom stereocenters. The van der Waals surface area contributed by atoms with Gasteiger partial charge in [0.2, 0.25) is 17.2 Å². The number of aryl methyl sites for hydroxylation is 1. The maximum Gasteiger partial charge on any atom is 0.397 e. The number of aromatic hydroxyl groups is 1. The highest BCUT2D eigenvalue weighted by atomic mass is 35.5. The molecule has 24 heteroatoms. The van der Waals surface area contributed by atoms with Crippen LogP contribution in [0, 0.1) is 6.92 Å². The lowest BCUT2D eigenvalue weighted by Crippen LogP contribution is -2.11. The van der Waals surface area contributed by atoms with E-state index in [1.807, 2.05) is 0 Å². The zero-order chi connectivity index (χ0) is 40.1. The molecule has 0 amide bonds. The van der Waals surface area contributed by atoms with Crippen LogP contribution in [-0.2, 0) is 49.8 Å². The number of sulfone groups is 1. The van der Waals surface area contributed by atoms with E-state index in [9.17, 15) is 39.1 Å². The Bertz CT molecular complexity index is 2630. The van der Waals surface area contributed by atoms with E-state index in [4.69, 9.17) is 20.3 Å². The summed E-state index contributed by atoms with van der Waals surface area (Å²) in [7, 11) is -12.9. The summed E-state index contributed by atoms with van der Waals surface area (Å²) in [6.45, 7) is 2.38. The van der Waals surface area contributed by atoms with Gasteiger partial charge in [-0.25, -0.2) is 16.8 Å². The monoisotopic (exact) mass is 855 g/mol. The molecule has 1 unspecified atom stereocenters. The third-order valence-electron chi connectivity index (χ3n) is 7.24. The van der Waals surface area contributed by atoms with Crippen molar-refractivity contribution in [3.63, 3.8) is 0 Å². The lowest BCUT2D eigenvalue weighted by Gasteiger charge is -2.15. The first-order valence-corrected chi connectivity index (χ1v) is 21.5. The Labute approximate surface area is 322 Å². The van der Waals surface area contributed by atoms with Gasteiger partial charge in [0.15, 0.2) is 26.7 Å². The van der Waals surface area contributed by atoms with Gasteiger partial charge in [0, 0.05) is 11.1 Å². The molecule has 0 aliphatic carbocycles. The molecule has 0 bridgehead atoms. The number of azo groups is 1. The maximum atomic E-state index is 12.4. The van der Waals surface area contributed by atoms with Crippen LogP contribution in [0.1, 0.15) is 18.9 Å². The Balaban J connectivity index is 1.43. The van der Waals surface area contributed by atoms with E-state index >= 15 is 0 Å². The van der Waals surface area contributed by atoms with E-state index in [0.717, 1.165) is 12.1 Å². The summed E-state index contributed by atoms with van der Waals surface area (Å²) in [4.78, 5) is 12.1. The molecule has 0 saturated carbocycles. The van der Waals surface area contributed by atoms with Crippen LogP contribution in [0.15, 0.2) is 91.6 Å². The highest BCUT2D eigenvalue weighted by Crippen LogP contribution is 2.44. The molecule has 1 heterocycles. The fourth-order valence-corrected chi connectivity index (χ4v) is 7.91. The number of benzene rings is 4. The van der Waals surface area contributed by atoms with Crippen molar-refractivity contribution in [2.24, 2.45) is 10.2 Å². The van der Waals surface area contributed by atoms with E-state index in [1.54, 1.807) is 13.8 Å². The lowest BCUT2D eigenvalue weighted by molar-refractivity contribution is 0.212. The molecule has 0 aliphatic heterocycles. The third-order valence-corrected chi connectivity index (χ3v) is 11.7. The summed E-state index contributed by atoms with van der Waals surface area (Å²) in [5.74, 6) is -0.775. The van der Waals surface area contributed by atoms with Gasteiger partial charge in [-0.15, -0.1) is 5.11 Å². The summed E-state index contributed by atoms with van der Waals surface area (Å²) in [5, 5.41) is 25.4. The van der Waals surface area contributed by atoms with Crippen molar-refractivity contribution in [3.8, 4) is 5.75 Å². The van der Waals surface area contributed by atoms with Crippen LogP contribution < -0.4 is 10.6 Å². The largest absolute Gasteiger partial charge is 0.505 e. The van der Waals surface area contributed by atoms with E-state index < -0.39 is 65.3 Å². The van der Waals surface area contributed by atoms with Crippen LogP contribution in [0.25, 0.3) is 10.8 Å². The standard InChI is InChI=1S/C31H30ClN7O12S4/c1-3-14-53(42,43)23-10-6-21(7-11-23)38-39-27-18(2)15-19-16-24(54(44,45)46)17-25(26(19)28(27)40)34-31-36-29(32)35-30(37-31)33-20-4-8-22(9-5-20)52(41)50-12-13-51-55(47,48)49/h4-11,15-17,40H,3,12-14H2,1-2H3,(H,44,45,46)(H,47,48,49)(H2,33,34,35,36,37). The second kappa shape index (κ2) is 17.0. The second-order valence-corrected chi connectivity index (χ2v) is 17.4. The first kappa shape index (κ1) is 41.4. The number of hydrogen-bond donors (Lipinski definition) is 5. The summed E-state index contributed by atoms with van der Waals surface area (Å²) in [5.41, 5.74) is 0.940. The van der Waals surface area contributed by atoms with Gasteiger partial charge in [-0.2, -0.15) is 36.9 Å². The molecule has 0 radical (unpaired) electrons. The number of phenols is 1. The van der Waals surface area contributed by atoms with E-state index in [1.165, 1.54) is 54.6 Å². The topological polar surface area (TPSA) is 286 Å². The average molecular weight is 856 g/mol. The molecule has 5 aromatic rings. The summed E-state index contributed by atoms with van der Waals surface area (Å²) in [6, 6.07) is 15.2. The minimum absolute atomic E-state index is 0.00455. The van der Waals surface area contributed by atoms with Crippen LogP contribution in [0.3, 0.4) is 0 Å². The van der Waals surface area contributed by atoms with Gasteiger partial charge in [0.25, 0.3) is 10.1 Å². The van der Waals surface area contributed by atoms with Gasteiger partial charge in [-0.1, -0.05) is 6.92 Å². The molecule has 0 saturated heterocycles. The van der Waals surface area contributed by atoms with E-state index in [-0.39, 0.29) is 60.6 Å². The van der Waals surface area contributed by atoms with Crippen LogP contribution in [0.5, 0.6) is 5.75 Å². The highest BCUT2D eigenvalue weighted by molar-refractivity contribution is 7.91. The van der Waals surface area contributed by atoms with Gasteiger partial charge >= 0.3 is 10.4 Å². The molecule has 0 spiro atoms. The first-order valence-electron chi connectivity index (χ1n) is 15.6. The zero-order valence-corrected chi connectivity index (χ0v) is 32.5. The van der Waals surface area contributed by atoms with Crippen LogP contribution >= 0.6 is 11.6 Å². The van der Waals surface area contributed by atoms with Gasteiger partial charge in [0.05, 0.1) is 45.0 Å². The number of hydrogen-bond acceptors (Lipinski definition) is 17. The van der Waals surface area contributed by atoms with Crippen molar-refractivity contribution in [1.82, 2.24) is 15.0 Å². The normalized spacial score (nSPS) is 13.0. The smallest absolute Gasteiger partial charge is 0.397 e. The quantitative estimate of drug-likeness (QED) is 0.0439. The SMILES string of the molecule is CCCS(=O)(=O)c1ccc(N=Nc2c(C)cc3cc(S(=O)(=O)O)cc(Nc4nc(Cl)nc(Nc5ccc(S(=O)OCCOS(=O)(=O)O)cc5)n4)c3c2O)cc1. The molecule has 0 fully saturated rings. The van der Waals surface area contributed by atoms with Gasteiger partial charge < -0.3 is 15.7 Å². The summed E-state index contributed by atoms with van der Waals surface area (Å²) >= 11 is 4.17. The molecule has 0 aliphatic rings. The Morgan fingerprint density at radius 2 is 1.49 bits per heavy atom. The van der Waals surface area contributed by atoms with Crippen molar-refractivity contribution in [2.75, 3.05) is 29.6 Å². The molecule has 55 heavy (non-hydrogen) atoms. The van der Waals surface area contributed by atoms with E-state index in [0.29, 0.717) is 17.7 Å². The maximum absolute atomic E-state index is 12.4. The fourth-order valence-electron chi connectivity index (χ4n) is 4.89. The van der Waals surface area contributed by atoms with Crippen LogP contribution in [0.4, 0.5) is 34.6 Å². The van der Waals surface area contributed by atoms with Crippen molar-refractivity contribution in [3.05, 3.63) is 77.6 Å². The molecule has 5 N–H and O–H groups in total. The average Bonchev–Trinajstić information content (AvgIpc) is 3.09. The minimum Gasteiger partial charge on any atom is -0.505 e. The molecular formula is C31H30ClN7O12S4. The number of nitrogens with one attached hydrogen (secondary N) is 2. The number of rotatable bonds is 16. The van der Waals surface area contributed by atoms with Gasteiger partial charge in [-0.05, 0) is 103 Å². The number of aromatic nitrogens is 3. The molecule has 292 valence electrons. The second-order valence-electron chi connectivity index (χ2n) is 11.3. The molecule has 19 nitrogen and oxygen atoms in total. The van der Waals surface area contributed by atoms with Gasteiger partial charge in [-0.3, -0.25) is 13.3 Å². The zero-order valence-electron chi connectivity index (χ0n) is 28.4. The fraction of sp³-hybridized carbons (Fsp3) is 0.194. The third kappa shape index (κ3) is 11.0. The number of phenolic OH excluding ortho intramolecular Hbond substituents is 1. The van der Waals surface area contributed by atoms with E-state index in [2.05, 4.69) is 40.0 Å². The van der Waals surface area contributed by atoms with Crippen molar-refractivity contribution < 1.29 is 52.0 Å². The van der Waals surface area contributed by atoms with Crippen LogP contribution in [-0.4, -0.2) is 77.6 Å². The van der Waals surface area contributed by atoms with Gasteiger partial charge in [0.1, 0.15) is 5.69 Å². The Hall–Kier alpha value is -4.72. The lowest BCUT2D eigenvalue weighted by atomic mass is 10.0. The molecular weight excluding hydrogens is 826 g/mol. The predicted octanol–water partition coefficient (Wildman–Crippen LogP) is 5.88. The number of anilines is 4. The molecule has 5 rings (SSSR count). The van der Waals surface area contributed by atoms with Crippen LogP contribution in [0.2, 0.25) is 5.28 Å². The molecule has 1 aromatic heterocycles. The van der Waals surface area contributed by atoms with Crippen molar-refractivity contribution in [2.45, 2.75) is 35.0 Å². The Morgan fingerprint density at radius 1 is 0.836 bits per heavy atom. The Kier molecular flexibility index (Phi) is 12.8. The van der Waals surface area contributed by atoms with Crippen molar-refractivity contribution in [1.29, 1.82) is 0 Å². The number of fused-ring (bicyclic) bond motifs is 1. The Morgan fingerprint density at radius 3 is 2.11 bits per heavy atom. The summed E-state index contributed by atoms with van der Waals surface area (Å²) < 4.78 is 110. The summed E-state index contributed by atoms with van der Waals surface area (Å²) in [6.07, 6.45) is 0.453. The minimum atomic E-state index is -4.76. The van der Waals surface area contributed by atoms with Crippen molar-refractivity contribution >= 4 is 98.5 Å². The first-order chi connectivity index (χ1) is 25.8.